The Bertz CT molecular complexity index is 555. The van der Waals surface area contributed by atoms with Crippen molar-refractivity contribution in [3.05, 3.63) is 0 Å². The molecule has 0 aliphatic heterocycles. The molecule has 0 spiro atoms. The molecule has 26 heavy (non-hydrogen) atoms. The van der Waals surface area contributed by atoms with Crippen LogP contribution in [0, 0.1) is 0 Å². The Morgan fingerprint density at radius 1 is 0.923 bits per heavy atom. The van der Waals surface area contributed by atoms with E-state index in [0.717, 1.165) is 0 Å². The number of rotatable bonds is 11. The number of nitrogens with one attached hydrogen (secondary N) is 3. The first kappa shape index (κ1) is 23.7. The minimum absolute atomic E-state index is 0.142. The summed E-state index contributed by atoms with van der Waals surface area (Å²) in [5, 5.41) is 24.5. The number of amides is 3. The van der Waals surface area contributed by atoms with Gasteiger partial charge in [-0.25, -0.2) is 4.79 Å². The van der Waals surface area contributed by atoms with Crippen LogP contribution >= 0.6 is 12.6 Å². The van der Waals surface area contributed by atoms with Gasteiger partial charge in [0, 0.05) is 12.2 Å². The molecular weight excluding hydrogens is 368 g/mol. The summed E-state index contributed by atoms with van der Waals surface area (Å²) in [5.74, 6) is -4.83. The van der Waals surface area contributed by atoms with Crippen molar-refractivity contribution in [2.24, 2.45) is 5.73 Å². The zero-order valence-electron chi connectivity index (χ0n) is 14.4. The van der Waals surface area contributed by atoms with Crippen molar-refractivity contribution in [3.8, 4) is 0 Å². The third-order valence-electron chi connectivity index (χ3n) is 3.24. The molecule has 4 unspecified atom stereocenters. The van der Waals surface area contributed by atoms with Crippen molar-refractivity contribution in [3.63, 3.8) is 0 Å². The molecule has 0 aliphatic carbocycles. The number of nitrogens with two attached hydrogens (primary N) is 1. The van der Waals surface area contributed by atoms with Crippen LogP contribution in [0.1, 0.15) is 26.7 Å². The highest BCUT2D eigenvalue weighted by atomic mass is 32.1. The number of aliphatic carboxylic acids is 2. The van der Waals surface area contributed by atoms with E-state index in [-0.39, 0.29) is 12.2 Å². The van der Waals surface area contributed by atoms with Gasteiger partial charge in [-0.05, 0) is 20.3 Å². The maximum Gasteiger partial charge on any atom is 0.326 e. The average molecular weight is 392 g/mol. The van der Waals surface area contributed by atoms with E-state index >= 15 is 0 Å². The predicted molar refractivity (Wildman–Crippen MR) is 93.5 cm³/mol. The Kier molecular flexibility index (Phi) is 10.3. The topological polar surface area (TPSA) is 188 Å². The first-order valence-electron chi connectivity index (χ1n) is 7.71. The van der Waals surface area contributed by atoms with Gasteiger partial charge in [0.2, 0.25) is 17.7 Å². The molecule has 7 N–H and O–H groups in total. The van der Waals surface area contributed by atoms with Crippen LogP contribution in [-0.2, 0) is 24.0 Å². The highest BCUT2D eigenvalue weighted by molar-refractivity contribution is 7.80. The molecule has 12 heteroatoms. The van der Waals surface area contributed by atoms with E-state index in [4.69, 9.17) is 15.9 Å². The maximum absolute atomic E-state index is 12.1. The van der Waals surface area contributed by atoms with E-state index in [9.17, 15) is 24.0 Å². The molecule has 3 amide bonds. The molecule has 0 fully saturated rings. The van der Waals surface area contributed by atoms with E-state index in [1.165, 1.54) is 13.8 Å². The number of hydrogen-bond acceptors (Lipinski definition) is 7. The summed E-state index contributed by atoms with van der Waals surface area (Å²) in [6.07, 6.45) is -0.764. The van der Waals surface area contributed by atoms with Crippen molar-refractivity contribution in [1.82, 2.24) is 16.0 Å². The molecule has 0 bridgehead atoms. The monoisotopic (exact) mass is 392 g/mol. The van der Waals surface area contributed by atoms with Crippen molar-refractivity contribution >= 4 is 42.3 Å². The lowest BCUT2D eigenvalue weighted by Crippen LogP contribution is -2.56. The molecule has 0 radical (unpaired) electrons. The van der Waals surface area contributed by atoms with Gasteiger partial charge in [0.05, 0.1) is 6.04 Å². The molecule has 148 valence electrons. The maximum atomic E-state index is 12.1. The first-order chi connectivity index (χ1) is 12.0. The zero-order valence-corrected chi connectivity index (χ0v) is 15.3. The van der Waals surface area contributed by atoms with Gasteiger partial charge in [-0.3, -0.25) is 19.2 Å². The summed E-state index contributed by atoms with van der Waals surface area (Å²) in [7, 11) is 0. The highest BCUT2D eigenvalue weighted by Crippen LogP contribution is 2.00. The number of carboxylic acid groups (broad SMARTS) is 2. The van der Waals surface area contributed by atoms with Gasteiger partial charge in [0.15, 0.2) is 0 Å². The Hall–Kier alpha value is -2.34. The lowest BCUT2D eigenvalue weighted by atomic mass is 10.1. The number of hydrogen-bond donors (Lipinski definition) is 7. The third kappa shape index (κ3) is 8.67. The fourth-order valence-corrected chi connectivity index (χ4v) is 1.96. The van der Waals surface area contributed by atoms with Gasteiger partial charge in [0.25, 0.3) is 0 Å². The Labute approximate surface area is 155 Å². The minimum Gasteiger partial charge on any atom is -0.481 e. The van der Waals surface area contributed by atoms with Crippen LogP contribution in [0.25, 0.3) is 0 Å². The van der Waals surface area contributed by atoms with Crippen LogP contribution in [0.4, 0.5) is 0 Å². The summed E-state index contributed by atoms with van der Waals surface area (Å²) < 4.78 is 0. The van der Waals surface area contributed by atoms with Crippen molar-refractivity contribution in [2.75, 3.05) is 5.75 Å². The Morgan fingerprint density at radius 3 is 1.88 bits per heavy atom. The summed E-state index contributed by atoms with van der Waals surface area (Å²) in [6, 6.07) is -4.40. The van der Waals surface area contributed by atoms with Gasteiger partial charge < -0.3 is 31.9 Å². The molecule has 0 aromatic rings. The largest absolute Gasteiger partial charge is 0.481 e. The molecular formula is C14H24N4O7S. The van der Waals surface area contributed by atoms with Crippen LogP contribution in [0.5, 0.6) is 0 Å². The van der Waals surface area contributed by atoms with Gasteiger partial charge in [0.1, 0.15) is 18.1 Å². The molecule has 0 saturated heterocycles. The van der Waals surface area contributed by atoms with E-state index in [0.29, 0.717) is 0 Å². The lowest BCUT2D eigenvalue weighted by Gasteiger charge is -2.22. The predicted octanol–water partition coefficient (Wildman–Crippen LogP) is -2.31. The van der Waals surface area contributed by atoms with E-state index in [1.54, 1.807) is 0 Å². The highest BCUT2D eigenvalue weighted by Gasteiger charge is 2.28. The second kappa shape index (κ2) is 11.3. The van der Waals surface area contributed by atoms with Gasteiger partial charge in [-0.2, -0.15) is 12.6 Å². The summed E-state index contributed by atoms with van der Waals surface area (Å²) in [6.45, 7) is 2.82. The molecule has 0 rings (SSSR count). The smallest absolute Gasteiger partial charge is 0.326 e. The van der Waals surface area contributed by atoms with Crippen molar-refractivity contribution in [1.29, 1.82) is 0 Å². The normalized spacial score (nSPS) is 15.1. The van der Waals surface area contributed by atoms with Crippen LogP contribution in [0.3, 0.4) is 0 Å². The quantitative estimate of drug-likeness (QED) is 0.191. The van der Waals surface area contributed by atoms with Crippen LogP contribution in [0.15, 0.2) is 0 Å². The summed E-state index contributed by atoms with van der Waals surface area (Å²) in [5.41, 5.74) is 5.38. The van der Waals surface area contributed by atoms with Crippen LogP contribution in [-0.4, -0.2) is 69.8 Å². The first-order valence-corrected chi connectivity index (χ1v) is 8.35. The minimum atomic E-state index is -1.42. The molecule has 11 nitrogen and oxygen atoms in total. The lowest BCUT2D eigenvalue weighted by molar-refractivity contribution is -0.143. The number of thiol groups is 1. The van der Waals surface area contributed by atoms with Crippen molar-refractivity contribution in [2.45, 2.75) is 50.9 Å². The zero-order chi connectivity index (χ0) is 20.4. The molecule has 0 saturated carbocycles. The van der Waals surface area contributed by atoms with Gasteiger partial charge in [-0.1, -0.05) is 0 Å². The van der Waals surface area contributed by atoms with Crippen LogP contribution < -0.4 is 21.7 Å². The molecule has 4 atom stereocenters. The fraction of sp³-hybridized carbons (Fsp3) is 0.643. The second-order valence-corrected chi connectivity index (χ2v) is 5.96. The number of carbonyl (C=O) groups is 5. The SMILES string of the molecule is CC(N)C(=O)NC(C)C(=O)NC(CS)C(=O)NC(CCC(=O)O)C(=O)O. The number of carboxylic acids is 2. The van der Waals surface area contributed by atoms with Gasteiger partial charge in [-0.15, -0.1) is 0 Å². The molecule has 0 aliphatic rings. The van der Waals surface area contributed by atoms with E-state index in [2.05, 4.69) is 28.6 Å². The van der Waals surface area contributed by atoms with E-state index < -0.39 is 60.2 Å². The second-order valence-electron chi connectivity index (χ2n) is 5.59. The van der Waals surface area contributed by atoms with E-state index in [1.807, 2.05) is 0 Å². The Balaban J connectivity index is 4.80. The Morgan fingerprint density at radius 2 is 1.46 bits per heavy atom. The summed E-state index contributed by atoms with van der Waals surface area (Å²) >= 11 is 3.94. The molecule has 0 aromatic heterocycles. The van der Waals surface area contributed by atoms with Crippen molar-refractivity contribution < 1.29 is 34.2 Å². The molecule has 0 heterocycles. The fourth-order valence-electron chi connectivity index (χ4n) is 1.70. The average Bonchev–Trinajstić information content (AvgIpc) is 2.54. The van der Waals surface area contributed by atoms with Gasteiger partial charge >= 0.3 is 11.9 Å². The standard InChI is InChI=1S/C14H24N4O7S/c1-6(15)11(21)16-7(2)12(22)18-9(5-26)13(23)17-8(14(24)25)3-4-10(19)20/h6-9,26H,3-5,15H2,1-2H3,(H,16,21)(H,17,23)(H,18,22)(H,19,20)(H,24,25). The molecule has 0 aromatic carbocycles. The summed E-state index contributed by atoms with van der Waals surface area (Å²) in [4.78, 5) is 57.3. The number of carbonyl (C=O) groups excluding carboxylic acids is 3. The third-order valence-corrected chi connectivity index (χ3v) is 3.61. The van der Waals surface area contributed by atoms with Crippen LogP contribution in [0.2, 0.25) is 0 Å².